The number of nitrogens with zero attached hydrogens (tertiary/aromatic N) is 1. The van der Waals surface area contributed by atoms with Gasteiger partial charge in [-0.25, -0.2) is 0 Å². The predicted octanol–water partition coefficient (Wildman–Crippen LogP) is 16.1. The first kappa shape index (κ1) is 37.9. The van der Waals surface area contributed by atoms with Crippen molar-refractivity contribution in [3.8, 4) is 33.4 Å². The molecule has 0 heterocycles. The molecule has 0 aliphatic rings. The molecule has 0 fully saturated rings. The molecule has 0 unspecified atom stereocenters. The van der Waals surface area contributed by atoms with Gasteiger partial charge in [-0.2, -0.15) is 0 Å². The van der Waals surface area contributed by atoms with Crippen molar-refractivity contribution in [2.24, 2.45) is 0 Å². The van der Waals surface area contributed by atoms with Crippen LogP contribution in [-0.2, 0) is 0 Å². The summed E-state index contributed by atoms with van der Waals surface area (Å²) < 4.78 is 0. The Morgan fingerprint density at radius 3 is 1.38 bits per heavy atom. The molecule has 1 N–H and O–H groups in total. The SMILES string of the molecule is Cc1ccc(-c2ccccc2Nc2ccc(-c3ccc(N(c4ccc(C=C(c5ccccc5)c5ccccc5)cc4)c4ccccc4-c4ccc(C)cc4)cc3)cc2)cc1. The van der Waals surface area contributed by atoms with Gasteiger partial charge in [0.05, 0.1) is 5.69 Å². The van der Waals surface area contributed by atoms with Gasteiger partial charge >= 0.3 is 0 Å². The summed E-state index contributed by atoms with van der Waals surface area (Å²) in [7, 11) is 0. The van der Waals surface area contributed by atoms with Crippen LogP contribution in [0.5, 0.6) is 0 Å². The van der Waals surface area contributed by atoms with Gasteiger partial charge in [0, 0.05) is 33.9 Å². The summed E-state index contributed by atoms with van der Waals surface area (Å²) in [6, 6.07) is 82.6. The number of para-hydroxylation sites is 2. The monoisotopic (exact) mass is 770 g/mol. The van der Waals surface area contributed by atoms with Gasteiger partial charge < -0.3 is 10.2 Å². The maximum atomic E-state index is 3.67. The van der Waals surface area contributed by atoms with E-state index in [1.807, 2.05) is 0 Å². The van der Waals surface area contributed by atoms with E-state index in [1.54, 1.807) is 0 Å². The van der Waals surface area contributed by atoms with Crippen LogP contribution in [0.2, 0.25) is 0 Å². The Kier molecular flexibility index (Phi) is 11.0. The smallest absolute Gasteiger partial charge is 0.0540 e. The minimum Gasteiger partial charge on any atom is -0.355 e. The van der Waals surface area contributed by atoms with Gasteiger partial charge in [0.2, 0.25) is 0 Å². The lowest BCUT2D eigenvalue weighted by Gasteiger charge is -2.28. The third kappa shape index (κ3) is 8.45. The third-order valence-electron chi connectivity index (χ3n) is 11.1. The first-order valence-corrected chi connectivity index (χ1v) is 20.6. The van der Waals surface area contributed by atoms with Crippen molar-refractivity contribution in [3.05, 3.63) is 258 Å². The van der Waals surface area contributed by atoms with Crippen LogP contribution >= 0.6 is 0 Å². The van der Waals surface area contributed by atoms with Crippen LogP contribution in [0.25, 0.3) is 45.0 Å². The Bertz CT molecular complexity index is 2800. The average molecular weight is 771 g/mol. The van der Waals surface area contributed by atoms with Crippen molar-refractivity contribution in [3.63, 3.8) is 0 Å². The van der Waals surface area contributed by atoms with E-state index in [9.17, 15) is 0 Å². The number of nitrogens with one attached hydrogen (secondary N) is 1. The molecule has 0 bridgehead atoms. The fraction of sp³-hybridized carbons (Fsp3) is 0.0345. The van der Waals surface area contributed by atoms with E-state index in [0.717, 1.165) is 45.1 Å². The maximum absolute atomic E-state index is 3.67. The first-order chi connectivity index (χ1) is 29.6. The lowest BCUT2D eigenvalue weighted by Crippen LogP contribution is -2.11. The van der Waals surface area contributed by atoms with Crippen molar-refractivity contribution in [1.82, 2.24) is 0 Å². The number of rotatable bonds is 11. The van der Waals surface area contributed by atoms with Crippen molar-refractivity contribution in [2.75, 3.05) is 10.2 Å². The Balaban J connectivity index is 1.04. The van der Waals surface area contributed by atoms with Gasteiger partial charge in [-0.3, -0.25) is 0 Å². The topological polar surface area (TPSA) is 15.3 Å². The highest BCUT2D eigenvalue weighted by atomic mass is 15.1. The lowest BCUT2D eigenvalue weighted by molar-refractivity contribution is 1.28. The second kappa shape index (κ2) is 17.4. The summed E-state index contributed by atoms with van der Waals surface area (Å²) >= 11 is 0. The molecule has 60 heavy (non-hydrogen) atoms. The Hall–Kier alpha value is -7.68. The van der Waals surface area contributed by atoms with Gasteiger partial charge in [0.1, 0.15) is 0 Å². The van der Waals surface area contributed by atoms with E-state index in [0.29, 0.717) is 0 Å². The molecule has 2 heteroatoms. The molecule has 0 spiro atoms. The average Bonchev–Trinajstić information content (AvgIpc) is 3.31. The molecular formula is C58H46N2. The highest BCUT2D eigenvalue weighted by Gasteiger charge is 2.18. The number of aryl methyl sites for hydroxylation is 2. The minimum atomic E-state index is 1.05. The number of anilines is 5. The quantitative estimate of drug-likeness (QED) is 0.132. The molecule has 0 saturated carbocycles. The van der Waals surface area contributed by atoms with Crippen LogP contribution in [0.15, 0.2) is 231 Å². The van der Waals surface area contributed by atoms with E-state index in [2.05, 4.69) is 261 Å². The molecule has 288 valence electrons. The second-order valence-corrected chi connectivity index (χ2v) is 15.3. The van der Waals surface area contributed by atoms with E-state index >= 15 is 0 Å². The van der Waals surface area contributed by atoms with E-state index in [1.165, 1.54) is 50.1 Å². The zero-order valence-electron chi connectivity index (χ0n) is 34.0. The van der Waals surface area contributed by atoms with Gasteiger partial charge in [-0.05, 0) is 113 Å². The van der Waals surface area contributed by atoms with Crippen molar-refractivity contribution in [1.29, 1.82) is 0 Å². The second-order valence-electron chi connectivity index (χ2n) is 15.3. The van der Waals surface area contributed by atoms with Crippen LogP contribution in [0.4, 0.5) is 28.4 Å². The zero-order valence-corrected chi connectivity index (χ0v) is 34.0. The fourth-order valence-electron chi connectivity index (χ4n) is 7.81. The van der Waals surface area contributed by atoms with E-state index in [4.69, 9.17) is 0 Å². The predicted molar refractivity (Wildman–Crippen MR) is 256 cm³/mol. The lowest BCUT2D eigenvalue weighted by atomic mass is 9.95. The molecule has 0 atom stereocenters. The molecule has 0 amide bonds. The largest absolute Gasteiger partial charge is 0.355 e. The van der Waals surface area contributed by atoms with Crippen LogP contribution < -0.4 is 10.2 Å². The summed E-state index contributed by atoms with van der Waals surface area (Å²) in [5.41, 5.74) is 19.7. The van der Waals surface area contributed by atoms with Crippen LogP contribution in [0, 0.1) is 13.8 Å². The molecule has 0 aromatic heterocycles. The summed E-state index contributed by atoms with van der Waals surface area (Å²) in [6.07, 6.45) is 2.29. The normalized spacial score (nSPS) is 10.8. The number of hydrogen-bond donors (Lipinski definition) is 1. The van der Waals surface area contributed by atoms with Crippen LogP contribution in [0.3, 0.4) is 0 Å². The molecule has 9 aromatic rings. The van der Waals surface area contributed by atoms with E-state index in [-0.39, 0.29) is 0 Å². The van der Waals surface area contributed by atoms with Gasteiger partial charge in [-0.15, -0.1) is 0 Å². The molecule has 9 rings (SSSR count). The molecule has 0 aliphatic heterocycles. The standard InChI is InChI=1S/C58H46N2/c1-42-21-27-49(28-22-42)54-17-9-11-19-57(54)59-51-35-31-45(32-36-51)46-33-39-53(40-34-46)60(58-20-12-10-18-55(58)50-29-23-43(2)24-30-50)52-37-25-44(26-38-52)41-56(47-13-5-3-6-14-47)48-15-7-4-8-16-48/h3-41,59H,1-2H3. The van der Waals surface area contributed by atoms with Crippen molar-refractivity contribution in [2.45, 2.75) is 13.8 Å². The fourth-order valence-corrected chi connectivity index (χ4v) is 7.81. The maximum Gasteiger partial charge on any atom is 0.0540 e. The number of benzene rings is 9. The molecule has 0 radical (unpaired) electrons. The zero-order chi connectivity index (χ0) is 40.7. The molecular weight excluding hydrogens is 725 g/mol. The van der Waals surface area contributed by atoms with Crippen LogP contribution in [-0.4, -0.2) is 0 Å². The summed E-state index contributed by atoms with van der Waals surface area (Å²) in [6.45, 7) is 4.26. The Morgan fingerprint density at radius 1 is 0.383 bits per heavy atom. The van der Waals surface area contributed by atoms with Gasteiger partial charge in [0.15, 0.2) is 0 Å². The molecule has 0 saturated heterocycles. The van der Waals surface area contributed by atoms with Gasteiger partial charge in [0.25, 0.3) is 0 Å². The number of hydrogen-bond acceptors (Lipinski definition) is 2. The van der Waals surface area contributed by atoms with Gasteiger partial charge in [-0.1, -0.05) is 193 Å². The van der Waals surface area contributed by atoms with Crippen molar-refractivity contribution >= 4 is 40.1 Å². The summed E-state index contributed by atoms with van der Waals surface area (Å²) in [4.78, 5) is 2.38. The summed E-state index contributed by atoms with van der Waals surface area (Å²) in [5, 5.41) is 3.67. The minimum absolute atomic E-state index is 1.05. The highest BCUT2D eigenvalue weighted by Crippen LogP contribution is 2.42. The van der Waals surface area contributed by atoms with E-state index < -0.39 is 0 Å². The van der Waals surface area contributed by atoms with Crippen molar-refractivity contribution < 1.29 is 0 Å². The highest BCUT2D eigenvalue weighted by molar-refractivity contribution is 5.93. The Morgan fingerprint density at radius 2 is 0.817 bits per heavy atom. The molecule has 9 aromatic carbocycles. The molecule has 2 nitrogen and oxygen atoms in total. The Labute approximate surface area is 354 Å². The summed E-state index contributed by atoms with van der Waals surface area (Å²) in [5.74, 6) is 0. The van der Waals surface area contributed by atoms with Crippen LogP contribution in [0.1, 0.15) is 27.8 Å². The third-order valence-corrected chi connectivity index (χ3v) is 11.1. The first-order valence-electron chi connectivity index (χ1n) is 20.6. The molecule has 0 aliphatic carbocycles.